The van der Waals surface area contributed by atoms with Gasteiger partial charge in [-0.15, -0.1) is 0 Å². The van der Waals surface area contributed by atoms with E-state index in [1.807, 2.05) is 13.0 Å². The molecule has 1 amide bonds. The number of anilines is 1. The summed E-state index contributed by atoms with van der Waals surface area (Å²) in [5, 5.41) is 0. The summed E-state index contributed by atoms with van der Waals surface area (Å²) in [7, 11) is -3.68. The molecule has 0 spiro atoms. The standard InChI is InChI=1S/C14H22N4O4S/c1-3-12-6-5-7-13(15-12)16-23(20,21)18-10-8-17(9-11-18)14(19)22-4-2/h5-7H,3-4,8-11H2,1-2H3,(H,15,16). The molecule has 1 aromatic rings. The summed E-state index contributed by atoms with van der Waals surface area (Å²) in [6.07, 6.45) is 0.322. The zero-order valence-electron chi connectivity index (χ0n) is 13.4. The molecule has 2 rings (SSSR count). The smallest absolute Gasteiger partial charge is 0.409 e. The van der Waals surface area contributed by atoms with E-state index in [0.29, 0.717) is 25.5 Å². The van der Waals surface area contributed by atoms with Crippen molar-refractivity contribution in [1.29, 1.82) is 0 Å². The van der Waals surface area contributed by atoms with Gasteiger partial charge in [-0.05, 0) is 25.5 Å². The highest BCUT2D eigenvalue weighted by Gasteiger charge is 2.29. The molecule has 1 aromatic heterocycles. The highest BCUT2D eigenvalue weighted by molar-refractivity contribution is 7.90. The average molecular weight is 342 g/mol. The van der Waals surface area contributed by atoms with Gasteiger partial charge < -0.3 is 9.64 Å². The Hall–Kier alpha value is -1.87. The first-order valence-electron chi connectivity index (χ1n) is 7.61. The van der Waals surface area contributed by atoms with Crippen molar-refractivity contribution in [3.63, 3.8) is 0 Å². The van der Waals surface area contributed by atoms with Gasteiger partial charge in [0.2, 0.25) is 0 Å². The van der Waals surface area contributed by atoms with Crippen molar-refractivity contribution in [2.24, 2.45) is 0 Å². The number of piperazine rings is 1. The molecule has 0 bridgehead atoms. The minimum Gasteiger partial charge on any atom is -0.450 e. The number of nitrogens with one attached hydrogen (secondary N) is 1. The molecule has 0 saturated carbocycles. The zero-order chi connectivity index (χ0) is 16.9. The third-order valence-electron chi connectivity index (χ3n) is 3.51. The SMILES string of the molecule is CCOC(=O)N1CCN(S(=O)(=O)Nc2cccc(CC)n2)CC1. The van der Waals surface area contributed by atoms with Crippen LogP contribution in [0.1, 0.15) is 19.5 Å². The van der Waals surface area contributed by atoms with E-state index in [4.69, 9.17) is 4.74 Å². The summed E-state index contributed by atoms with van der Waals surface area (Å²) >= 11 is 0. The number of rotatable bonds is 5. The summed E-state index contributed by atoms with van der Waals surface area (Å²) in [6, 6.07) is 5.23. The maximum Gasteiger partial charge on any atom is 0.409 e. The predicted molar refractivity (Wildman–Crippen MR) is 86.3 cm³/mol. The number of carbonyl (C=O) groups excluding carboxylic acids is 1. The van der Waals surface area contributed by atoms with Gasteiger partial charge in [0.15, 0.2) is 0 Å². The van der Waals surface area contributed by atoms with Crippen molar-refractivity contribution < 1.29 is 17.9 Å². The third kappa shape index (κ3) is 4.55. The number of aryl methyl sites for hydroxylation is 1. The fraction of sp³-hybridized carbons (Fsp3) is 0.571. The van der Waals surface area contributed by atoms with Crippen molar-refractivity contribution in [2.45, 2.75) is 20.3 Å². The molecule has 8 nitrogen and oxygen atoms in total. The molecule has 0 radical (unpaired) electrons. The number of aromatic nitrogens is 1. The van der Waals surface area contributed by atoms with Crippen LogP contribution in [0.25, 0.3) is 0 Å². The lowest BCUT2D eigenvalue weighted by atomic mass is 10.3. The van der Waals surface area contributed by atoms with Crippen LogP contribution >= 0.6 is 0 Å². The van der Waals surface area contributed by atoms with Crippen LogP contribution in [0, 0.1) is 0 Å². The van der Waals surface area contributed by atoms with Crippen molar-refractivity contribution in [2.75, 3.05) is 37.5 Å². The predicted octanol–water partition coefficient (Wildman–Crippen LogP) is 1.07. The Morgan fingerprint density at radius 1 is 1.26 bits per heavy atom. The number of ether oxygens (including phenoxy) is 1. The van der Waals surface area contributed by atoms with Crippen LogP contribution in [0.5, 0.6) is 0 Å². The second-order valence-electron chi connectivity index (χ2n) is 5.06. The minimum atomic E-state index is -3.68. The van der Waals surface area contributed by atoms with Crippen LogP contribution in [0.4, 0.5) is 10.6 Å². The number of hydrogen-bond acceptors (Lipinski definition) is 5. The molecular formula is C14H22N4O4S. The monoisotopic (exact) mass is 342 g/mol. The summed E-state index contributed by atoms with van der Waals surface area (Å²) in [4.78, 5) is 17.4. The van der Waals surface area contributed by atoms with Crippen molar-refractivity contribution in [1.82, 2.24) is 14.2 Å². The molecule has 9 heteroatoms. The quantitative estimate of drug-likeness (QED) is 0.864. The second kappa shape index (κ2) is 7.60. The molecule has 23 heavy (non-hydrogen) atoms. The first kappa shape index (κ1) is 17.5. The van der Waals surface area contributed by atoms with Crippen molar-refractivity contribution >= 4 is 22.1 Å². The fourth-order valence-corrected chi connectivity index (χ4v) is 3.41. The van der Waals surface area contributed by atoms with Crippen LogP contribution in [-0.2, 0) is 21.4 Å². The summed E-state index contributed by atoms with van der Waals surface area (Å²) in [6.45, 7) is 5.06. The summed E-state index contributed by atoms with van der Waals surface area (Å²) < 4.78 is 33.5. The molecule has 0 aromatic carbocycles. The Kier molecular flexibility index (Phi) is 5.78. The van der Waals surface area contributed by atoms with Gasteiger partial charge in [-0.1, -0.05) is 13.0 Å². The molecular weight excluding hydrogens is 320 g/mol. The van der Waals surface area contributed by atoms with Crippen LogP contribution in [0.2, 0.25) is 0 Å². The molecule has 0 atom stereocenters. The Morgan fingerprint density at radius 3 is 2.57 bits per heavy atom. The van der Waals surface area contributed by atoms with Gasteiger partial charge in [0.1, 0.15) is 5.82 Å². The van der Waals surface area contributed by atoms with Gasteiger partial charge in [-0.3, -0.25) is 4.72 Å². The number of nitrogens with zero attached hydrogens (tertiary/aromatic N) is 3. The van der Waals surface area contributed by atoms with E-state index in [1.54, 1.807) is 19.1 Å². The molecule has 0 aliphatic carbocycles. The first-order chi connectivity index (χ1) is 11.0. The molecule has 1 saturated heterocycles. The third-order valence-corrected chi connectivity index (χ3v) is 5.02. The molecule has 1 aliphatic heterocycles. The number of pyridine rings is 1. The minimum absolute atomic E-state index is 0.224. The molecule has 1 fully saturated rings. The van der Waals surface area contributed by atoms with E-state index < -0.39 is 16.3 Å². The fourth-order valence-electron chi connectivity index (χ4n) is 2.26. The Labute approximate surface area is 136 Å². The van der Waals surface area contributed by atoms with E-state index >= 15 is 0 Å². The Bertz CT molecular complexity index is 642. The lowest BCUT2D eigenvalue weighted by molar-refractivity contribution is 0.0935. The highest BCUT2D eigenvalue weighted by atomic mass is 32.2. The van der Waals surface area contributed by atoms with Gasteiger partial charge in [0.25, 0.3) is 0 Å². The maximum absolute atomic E-state index is 12.4. The van der Waals surface area contributed by atoms with Crippen LogP contribution in [0.3, 0.4) is 0 Å². The number of amides is 1. The first-order valence-corrected chi connectivity index (χ1v) is 9.05. The molecule has 0 unspecified atom stereocenters. The lowest BCUT2D eigenvalue weighted by Gasteiger charge is -2.33. The number of hydrogen-bond donors (Lipinski definition) is 1. The van der Waals surface area contributed by atoms with Crippen molar-refractivity contribution in [3.05, 3.63) is 23.9 Å². The molecule has 1 N–H and O–H groups in total. The van der Waals surface area contributed by atoms with E-state index in [-0.39, 0.29) is 13.1 Å². The van der Waals surface area contributed by atoms with Gasteiger partial charge in [0, 0.05) is 31.9 Å². The van der Waals surface area contributed by atoms with E-state index in [2.05, 4.69) is 9.71 Å². The van der Waals surface area contributed by atoms with E-state index in [9.17, 15) is 13.2 Å². The highest BCUT2D eigenvalue weighted by Crippen LogP contribution is 2.13. The summed E-state index contributed by atoms with van der Waals surface area (Å²) in [5.74, 6) is 0.303. The maximum atomic E-state index is 12.4. The topological polar surface area (TPSA) is 91.8 Å². The lowest BCUT2D eigenvalue weighted by Crippen LogP contribution is -2.52. The van der Waals surface area contributed by atoms with Crippen LogP contribution in [-0.4, -0.2) is 61.5 Å². The van der Waals surface area contributed by atoms with Gasteiger partial charge >= 0.3 is 16.3 Å². The summed E-state index contributed by atoms with van der Waals surface area (Å²) in [5.41, 5.74) is 0.817. The van der Waals surface area contributed by atoms with Gasteiger partial charge in [-0.2, -0.15) is 12.7 Å². The molecule has 2 heterocycles. The number of carbonyl (C=O) groups is 1. The van der Waals surface area contributed by atoms with Gasteiger partial charge in [-0.25, -0.2) is 9.78 Å². The Balaban J connectivity index is 1.97. The average Bonchev–Trinajstić information content (AvgIpc) is 2.55. The van der Waals surface area contributed by atoms with Crippen LogP contribution in [0.15, 0.2) is 18.2 Å². The van der Waals surface area contributed by atoms with Crippen LogP contribution < -0.4 is 4.72 Å². The van der Waals surface area contributed by atoms with Gasteiger partial charge in [0.05, 0.1) is 6.61 Å². The zero-order valence-corrected chi connectivity index (χ0v) is 14.2. The largest absolute Gasteiger partial charge is 0.450 e. The normalized spacial score (nSPS) is 16.2. The second-order valence-corrected chi connectivity index (χ2v) is 6.73. The van der Waals surface area contributed by atoms with Crippen molar-refractivity contribution in [3.8, 4) is 0 Å². The van der Waals surface area contributed by atoms with E-state index in [1.165, 1.54) is 9.21 Å². The Morgan fingerprint density at radius 2 is 1.96 bits per heavy atom. The molecule has 128 valence electrons. The van der Waals surface area contributed by atoms with E-state index in [0.717, 1.165) is 12.1 Å². The molecule has 1 aliphatic rings.